The molecule has 3 rings (SSSR count). The van der Waals surface area contributed by atoms with Crippen molar-refractivity contribution in [3.05, 3.63) is 81.8 Å². The molecule has 0 heterocycles. The normalized spacial score (nSPS) is 10.6. The summed E-state index contributed by atoms with van der Waals surface area (Å²) in [5.74, 6) is -0.350. The summed E-state index contributed by atoms with van der Waals surface area (Å²) in [6.07, 6.45) is 1.40. The SMILES string of the molecule is COc1ccc(OC)c(NC(=O)C(=O)N/N=C/c2ccc(OCc3ccc(Cl)cc3Cl)cc2)c1. The van der Waals surface area contributed by atoms with Crippen molar-refractivity contribution in [3.8, 4) is 17.2 Å². The Bertz CT molecular complexity index is 1200. The molecule has 176 valence electrons. The van der Waals surface area contributed by atoms with E-state index in [4.69, 9.17) is 37.4 Å². The molecule has 8 nitrogen and oxygen atoms in total. The molecule has 0 aliphatic heterocycles. The standard InChI is InChI=1S/C24H21Cl2N3O5/c1-32-19-9-10-22(33-2)21(12-19)28-23(30)24(31)29-27-13-15-3-7-18(8-4-15)34-14-16-5-6-17(25)11-20(16)26/h3-13H,14H2,1-2H3,(H,28,30)(H,29,31)/b27-13+. The maximum Gasteiger partial charge on any atom is 0.329 e. The van der Waals surface area contributed by atoms with Gasteiger partial charge < -0.3 is 19.5 Å². The Morgan fingerprint density at radius 1 is 0.912 bits per heavy atom. The quantitative estimate of drug-likeness (QED) is 0.265. The van der Waals surface area contributed by atoms with E-state index in [9.17, 15) is 9.59 Å². The van der Waals surface area contributed by atoms with E-state index < -0.39 is 11.8 Å². The maximum absolute atomic E-state index is 12.2. The van der Waals surface area contributed by atoms with Crippen LogP contribution in [0.1, 0.15) is 11.1 Å². The van der Waals surface area contributed by atoms with Gasteiger partial charge in [0.1, 0.15) is 23.9 Å². The molecule has 2 amide bonds. The summed E-state index contributed by atoms with van der Waals surface area (Å²) in [5.41, 5.74) is 3.97. The van der Waals surface area contributed by atoms with E-state index in [-0.39, 0.29) is 6.61 Å². The van der Waals surface area contributed by atoms with Crippen LogP contribution in [0.3, 0.4) is 0 Å². The third-order valence-electron chi connectivity index (χ3n) is 4.53. The Kier molecular flexibility index (Phi) is 8.73. The Balaban J connectivity index is 1.51. The lowest BCUT2D eigenvalue weighted by Crippen LogP contribution is -2.32. The van der Waals surface area contributed by atoms with Gasteiger partial charge in [-0.3, -0.25) is 9.59 Å². The summed E-state index contributed by atoms with van der Waals surface area (Å²) < 4.78 is 16.0. The van der Waals surface area contributed by atoms with Gasteiger partial charge in [0.2, 0.25) is 0 Å². The predicted octanol–water partition coefficient (Wildman–Crippen LogP) is 4.68. The van der Waals surface area contributed by atoms with Gasteiger partial charge in [-0.05, 0) is 54.1 Å². The number of hydrazone groups is 1. The van der Waals surface area contributed by atoms with Crippen LogP contribution in [0.15, 0.2) is 65.8 Å². The Hall–Kier alpha value is -3.75. The molecule has 0 unspecified atom stereocenters. The molecule has 0 aliphatic carbocycles. The lowest BCUT2D eigenvalue weighted by atomic mass is 10.2. The molecular formula is C24H21Cl2N3O5. The molecule has 2 N–H and O–H groups in total. The van der Waals surface area contributed by atoms with Gasteiger partial charge in [-0.2, -0.15) is 5.10 Å². The summed E-state index contributed by atoms with van der Waals surface area (Å²) in [4.78, 5) is 24.2. The summed E-state index contributed by atoms with van der Waals surface area (Å²) in [6, 6.07) is 17.0. The minimum Gasteiger partial charge on any atom is -0.497 e. The van der Waals surface area contributed by atoms with E-state index in [2.05, 4.69) is 15.8 Å². The van der Waals surface area contributed by atoms with Crippen LogP contribution in [0.2, 0.25) is 10.0 Å². The maximum atomic E-state index is 12.2. The summed E-state index contributed by atoms with van der Waals surface area (Å²) in [5, 5.41) is 7.36. The van der Waals surface area contributed by atoms with Crippen LogP contribution < -0.4 is 25.0 Å². The van der Waals surface area contributed by atoms with E-state index in [1.807, 2.05) is 0 Å². The van der Waals surface area contributed by atoms with Crippen LogP contribution in [0.5, 0.6) is 17.2 Å². The molecule has 0 radical (unpaired) electrons. The first-order valence-electron chi connectivity index (χ1n) is 9.93. The topological polar surface area (TPSA) is 98.2 Å². The van der Waals surface area contributed by atoms with Crippen molar-refractivity contribution >= 4 is 46.9 Å². The zero-order valence-electron chi connectivity index (χ0n) is 18.3. The van der Waals surface area contributed by atoms with Crippen LogP contribution in [-0.4, -0.2) is 32.2 Å². The van der Waals surface area contributed by atoms with Crippen LogP contribution in [-0.2, 0) is 16.2 Å². The highest BCUT2D eigenvalue weighted by molar-refractivity contribution is 6.39. The number of methoxy groups -OCH3 is 2. The van der Waals surface area contributed by atoms with Crippen LogP contribution in [0, 0.1) is 0 Å². The number of halogens is 2. The Labute approximate surface area is 206 Å². The van der Waals surface area contributed by atoms with Gasteiger partial charge >= 0.3 is 11.8 Å². The molecule has 0 aromatic heterocycles. The molecule has 0 saturated heterocycles. The minimum atomic E-state index is -0.944. The molecular weight excluding hydrogens is 481 g/mol. The fourth-order valence-corrected chi connectivity index (χ4v) is 3.22. The number of hydrogen-bond donors (Lipinski definition) is 2. The lowest BCUT2D eigenvalue weighted by Gasteiger charge is -2.11. The fourth-order valence-electron chi connectivity index (χ4n) is 2.76. The third kappa shape index (κ3) is 6.87. The summed E-state index contributed by atoms with van der Waals surface area (Å²) in [7, 11) is 2.94. The molecule has 3 aromatic carbocycles. The zero-order chi connectivity index (χ0) is 24.5. The van der Waals surface area contributed by atoms with Crippen LogP contribution >= 0.6 is 23.2 Å². The van der Waals surface area contributed by atoms with Crippen molar-refractivity contribution < 1.29 is 23.8 Å². The molecule has 0 atom stereocenters. The van der Waals surface area contributed by atoms with Gasteiger partial charge in [-0.25, -0.2) is 5.43 Å². The summed E-state index contributed by atoms with van der Waals surface area (Å²) >= 11 is 12.0. The zero-order valence-corrected chi connectivity index (χ0v) is 19.8. The van der Waals surface area contributed by atoms with Crippen molar-refractivity contribution in [1.29, 1.82) is 0 Å². The molecule has 0 fully saturated rings. The number of hydrogen-bond acceptors (Lipinski definition) is 6. The average molecular weight is 502 g/mol. The third-order valence-corrected chi connectivity index (χ3v) is 5.12. The number of carbonyl (C=O) groups is 2. The smallest absolute Gasteiger partial charge is 0.329 e. The van der Waals surface area contributed by atoms with Gasteiger partial charge in [-0.1, -0.05) is 29.3 Å². The second-order valence-electron chi connectivity index (χ2n) is 6.81. The predicted molar refractivity (Wildman–Crippen MR) is 131 cm³/mol. The molecule has 0 bridgehead atoms. The Morgan fingerprint density at radius 3 is 2.32 bits per heavy atom. The van der Waals surface area contributed by atoms with Crippen molar-refractivity contribution in [1.82, 2.24) is 5.43 Å². The van der Waals surface area contributed by atoms with E-state index in [1.165, 1.54) is 26.5 Å². The highest BCUT2D eigenvalue weighted by Gasteiger charge is 2.16. The number of amides is 2. The average Bonchev–Trinajstić information content (AvgIpc) is 2.84. The first-order valence-corrected chi connectivity index (χ1v) is 10.7. The molecule has 0 aliphatic rings. The first-order chi connectivity index (χ1) is 16.4. The number of nitrogens with zero attached hydrogens (tertiary/aromatic N) is 1. The monoisotopic (exact) mass is 501 g/mol. The van der Waals surface area contributed by atoms with E-state index >= 15 is 0 Å². The second-order valence-corrected chi connectivity index (χ2v) is 7.66. The van der Waals surface area contributed by atoms with Crippen molar-refractivity contribution in [3.63, 3.8) is 0 Å². The fraction of sp³-hybridized carbons (Fsp3) is 0.125. The molecule has 10 heteroatoms. The summed E-state index contributed by atoms with van der Waals surface area (Å²) in [6.45, 7) is 0.284. The van der Waals surface area contributed by atoms with E-state index in [1.54, 1.807) is 54.6 Å². The molecule has 3 aromatic rings. The number of benzene rings is 3. The highest BCUT2D eigenvalue weighted by Crippen LogP contribution is 2.28. The molecule has 0 spiro atoms. The van der Waals surface area contributed by atoms with Crippen molar-refractivity contribution in [2.45, 2.75) is 6.61 Å². The largest absolute Gasteiger partial charge is 0.497 e. The molecule has 0 saturated carbocycles. The number of nitrogens with one attached hydrogen (secondary N) is 2. The number of rotatable bonds is 8. The number of anilines is 1. The van der Waals surface area contributed by atoms with Gasteiger partial charge in [0, 0.05) is 21.7 Å². The lowest BCUT2D eigenvalue weighted by molar-refractivity contribution is -0.136. The van der Waals surface area contributed by atoms with Gasteiger partial charge in [0.15, 0.2) is 0 Å². The number of carbonyl (C=O) groups excluding carboxylic acids is 2. The van der Waals surface area contributed by atoms with Crippen molar-refractivity contribution in [2.24, 2.45) is 5.10 Å². The highest BCUT2D eigenvalue weighted by atomic mass is 35.5. The number of ether oxygens (including phenoxy) is 3. The Morgan fingerprint density at radius 2 is 1.65 bits per heavy atom. The minimum absolute atomic E-state index is 0.284. The first kappa shape index (κ1) is 24.9. The van der Waals surface area contributed by atoms with E-state index in [0.29, 0.717) is 38.5 Å². The van der Waals surface area contributed by atoms with Crippen molar-refractivity contribution in [2.75, 3.05) is 19.5 Å². The van der Waals surface area contributed by atoms with Gasteiger partial charge in [-0.15, -0.1) is 0 Å². The van der Waals surface area contributed by atoms with Gasteiger partial charge in [0.25, 0.3) is 0 Å². The van der Waals surface area contributed by atoms with E-state index in [0.717, 1.165) is 5.56 Å². The molecule has 34 heavy (non-hydrogen) atoms. The van der Waals surface area contributed by atoms with Crippen LogP contribution in [0.4, 0.5) is 5.69 Å². The second kappa shape index (κ2) is 11.9. The van der Waals surface area contributed by atoms with Gasteiger partial charge in [0.05, 0.1) is 26.1 Å². The van der Waals surface area contributed by atoms with Crippen LogP contribution in [0.25, 0.3) is 0 Å².